The van der Waals surface area contributed by atoms with Crippen molar-refractivity contribution in [2.24, 2.45) is 17.8 Å². The van der Waals surface area contributed by atoms with Gasteiger partial charge in [0.25, 0.3) is 0 Å². The molecule has 0 saturated heterocycles. The fourth-order valence-corrected chi connectivity index (χ4v) is 13.5. The lowest BCUT2D eigenvalue weighted by atomic mass is 9.39. The van der Waals surface area contributed by atoms with Gasteiger partial charge in [0.2, 0.25) is 0 Å². The smallest absolute Gasteiger partial charge is 0.310 e. The lowest BCUT2D eigenvalue weighted by molar-refractivity contribution is -0.166. The van der Waals surface area contributed by atoms with Gasteiger partial charge < -0.3 is 34.3 Å². The Balaban J connectivity index is 1.07. The maximum atomic E-state index is 14.5. The van der Waals surface area contributed by atoms with Crippen molar-refractivity contribution in [3.05, 3.63) is 161 Å². The van der Waals surface area contributed by atoms with Crippen LogP contribution in [0.4, 0.5) is 0 Å². The molecule has 7 aromatic carbocycles. The molecular weight excluding hydrogens is 841 g/mol. The molecule has 0 aromatic heterocycles. The van der Waals surface area contributed by atoms with Gasteiger partial charge in [0.05, 0.1) is 20.6 Å². The van der Waals surface area contributed by atoms with E-state index in [2.05, 4.69) is 42.5 Å². The van der Waals surface area contributed by atoms with Crippen molar-refractivity contribution >= 4 is 33.5 Å². The largest absolute Gasteiger partial charge is 0.508 e. The Labute approximate surface area is 389 Å². The average Bonchev–Trinajstić information content (AvgIpc) is 3.32. The Morgan fingerprint density at radius 3 is 2.19 bits per heavy atom. The van der Waals surface area contributed by atoms with E-state index in [-0.39, 0.29) is 65.6 Å². The molecular formula is C58H54O9. The van der Waals surface area contributed by atoms with Crippen LogP contribution in [0.15, 0.2) is 127 Å². The third kappa shape index (κ3) is 7.21. The van der Waals surface area contributed by atoms with E-state index in [1.54, 1.807) is 26.4 Å². The van der Waals surface area contributed by atoms with Crippen molar-refractivity contribution in [2.45, 2.75) is 81.3 Å². The van der Waals surface area contributed by atoms with Crippen molar-refractivity contribution in [2.75, 3.05) is 14.2 Å². The van der Waals surface area contributed by atoms with Crippen LogP contribution in [0.3, 0.4) is 0 Å². The molecule has 0 radical (unpaired) electrons. The number of benzene rings is 7. The maximum Gasteiger partial charge on any atom is 0.310 e. The van der Waals surface area contributed by atoms with Gasteiger partial charge in [0, 0.05) is 24.7 Å². The van der Waals surface area contributed by atoms with Crippen LogP contribution in [0.5, 0.6) is 28.7 Å². The Kier molecular flexibility index (Phi) is 10.6. The van der Waals surface area contributed by atoms with Crippen LogP contribution < -0.4 is 9.47 Å². The molecule has 0 aliphatic heterocycles. The Hall–Kier alpha value is -7.00. The molecule has 3 N–H and O–H groups in total. The van der Waals surface area contributed by atoms with Gasteiger partial charge in [-0.25, -0.2) is 0 Å². The molecule has 2 saturated carbocycles. The number of aromatic hydroxyl groups is 3. The predicted molar refractivity (Wildman–Crippen MR) is 257 cm³/mol. The minimum atomic E-state index is -0.644. The predicted octanol–water partition coefficient (Wildman–Crippen LogP) is 11.2. The van der Waals surface area contributed by atoms with Crippen molar-refractivity contribution in [3.8, 4) is 39.9 Å². The highest BCUT2D eigenvalue weighted by Crippen LogP contribution is 2.69. The molecule has 67 heavy (non-hydrogen) atoms. The summed E-state index contributed by atoms with van der Waals surface area (Å²) < 4.78 is 24.8. The van der Waals surface area contributed by atoms with Crippen LogP contribution in [-0.2, 0) is 43.7 Å². The highest BCUT2D eigenvalue weighted by atomic mass is 16.6. The van der Waals surface area contributed by atoms with Crippen LogP contribution in [0.25, 0.3) is 32.7 Å². The number of fused-ring (bicyclic) bond motifs is 6. The number of esters is 2. The summed E-state index contributed by atoms with van der Waals surface area (Å²) >= 11 is 0. The molecule has 4 aliphatic carbocycles. The third-order valence-electron chi connectivity index (χ3n) is 15.8. The molecule has 0 bridgehead atoms. The van der Waals surface area contributed by atoms with Crippen LogP contribution in [0.2, 0.25) is 0 Å². The fraction of sp³-hybridized carbons (Fsp3) is 0.310. The van der Waals surface area contributed by atoms with Gasteiger partial charge in [0.1, 0.15) is 18.0 Å². The highest BCUT2D eigenvalue weighted by molar-refractivity contribution is 5.98. The summed E-state index contributed by atoms with van der Waals surface area (Å²) in [5.74, 6) is -0.0349. The van der Waals surface area contributed by atoms with Crippen molar-refractivity contribution in [1.82, 2.24) is 0 Å². The first kappa shape index (κ1) is 42.6. The molecule has 0 unspecified atom stereocenters. The molecule has 340 valence electrons. The van der Waals surface area contributed by atoms with Gasteiger partial charge in [-0.05, 0) is 164 Å². The number of ether oxygens (including phenoxy) is 4. The fourth-order valence-electron chi connectivity index (χ4n) is 13.5. The number of rotatable bonds is 8. The van der Waals surface area contributed by atoms with E-state index in [1.807, 2.05) is 72.8 Å². The number of hydrogen-bond donors (Lipinski definition) is 3. The summed E-state index contributed by atoms with van der Waals surface area (Å²) in [5, 5.41) is 37.4. The van der Waals surface area contributed by atoms with E-state index in [4.69, 9.17) is 18.9 Å². The topological polar surface area (TPSA) is 132 Å². The maximum absolute atomic E-state index is 14.5. The van der Waals surface area contributed by atoms with E-state index in [0.717, 1.165) is 79.8 Å². The number of phenolic OH excluding ortho intramolecular Hbond substituents is 3. The minimum Gasteiger partial charge on any atom is -0.508 e. The molecule has 0 amide bonds. The van der Waals surface area contributed by atoms with Crippen molar-refractivity contribution in [1.29, 1.82) is 0 Å². The number of carbonyl (C=O) groups is 2. The molecule has 0 spiro atoms. The van der Waals surface area contributed by atoms with E-state index in [0.29, 0.717) is 24.3 Å². The molecule has 8 atom stereocenters. The second-order valence-corrected chi connectivity index (χ2v) is 19.3. The molecule has 11 rings (SSSR count). The van der Waals surface area contributed by atoms with Gasteiger partial charge in [-0.1, -0.05) is 84.9 Å². The van der Waals surface area contributed by atoms with Crippen molar-refractivity contribution < 1.29 is 43.9 Å². The quantitative estimate of drug-likeness (QED) is 0.128. The zero-order chi connectivity index (χ0) is 46.1. The summed E-state index contributed by atoms with van der Waals surface area (Å²) in [7, 11) is 3.13. The summed E-state index contributed by atoms with van der Waals surface area (Å²) in [6.07, 6.45) is 2.44. The molecule has 9 nitrogen and oxygen atoms in total. The van der Waals surface area contributed by atoms with Crippen LogP contribution in [-0.4, -0.2) is 53.7 Å². The first-order valence-electron chi connectivity index (χ1n) is 23.5. The van der Waals surface area contributed by atoms with Gasteiger partial charge in [0.15, 0.2) is 23.0 Å². The van der Waals surface area contributed by atoms with Crippen LogP contribution in [0, 0.1) is 17.8 Å². The van der Waals surface area contributed by atoms with Crippen LogP contribution in [0.1, 0.15) is 77.8 Å². The summed E-state index contributed by atoms with van der Waals surface area (Å²) in [6, 6.07) is 42.2. The zero-order valence-electron chi connectivity index (χ0n) is 37.9. The number of carbonyl (C=O) groups excluding carboxylic acids is 2. The highest BCUT2D eigenvalue weighted by Gasteiger charge is 2.65. The molecule has 4 aliphatic rings. The minimum absolute atomic E-state index is 0.0119. The summed E-state index contributed by atoms with van der Waals surface area (Å²) in [5.41, 5.74) is 7.41. The summed E-state index contributed by atoms with van der Waals surface area (Å²) in [6.45, 7) is 1.46. The van der Waals surface area contributed by atoms with E-state index < -0.39 is 23.6 Å². The van der Waals surface area contributed by atoms with Gasteiger partial charge in [-0.15, -0.1) is 0 Å². The monoisotopic (exact) mass is 894 g/mol. The Morgan fingerprint density at radius 1 is 0.672 bits per heavy atom. The third-order valence-corrected chi connectivity index (χ3v) is 15.8. The standard InChI is InChI=1S/C58H54O9/c1-32(59)66-53-29-43(67-56(63)20-33-13-14-37-23-42(60)27-45(44(37)19-33)35-10-5-4-6-11-35)28-48-46-31-55(65-3)51(61)25-39(46)21-38-16-18-49-47-30-52(62)54(64-2)26-40(47)24-50(53)58(49,57(38)48)41-17-15-34-9-7-8-12-36(34)22-41/h4-15,17,19,22-23,25-27,30-31,38,43,48-50,53,57,60-62H,16,18,20-21,24,28-29H2,1-3H3/t38-,43+,48-,49+,50-,53-,57-,58-/m1/s1. The first-order chi connectivity index (χ1) is 32.5. The van der Waals surface area contributed by atoms with E-state index in [9.17, 15) is 24.9 Å². The molecule has 9 heteroatoms. The van der Waals surface area contributed by atoms with Gasteiger partial charge >= 0.3 is 11.9 Å². The Bertz CT molecular complexity index is 3090. The molecule has 7 aromatic rings. The number of phenols is 3. The molecule has 0 heterocycles. The molecule has 2 fully saturated rings. The summed E-state index contributed by atoms with van der Waals surface area (Å²) in [4.78, 5) is 28.0. The normalized spacial score (nSPS) is 24.9. The second kappa shape index (κ2) is 16.7. The number of hydrogen-bond acceptors (Lipinski definition) is 9. The van der Waals surface area contributed by atoms with Gasteiger partial charge in [-0.3, -0.25) is 9.59 Å². The zero-order valence-corrected chi connectivity index (χ0v) is 37.9. The second-order valence-electron chi connectivity index (χ2n) is 19.3. The van der Waals surface area contributed by atoms with E-state index >= 15 is 0 Å². The SMILES string of the molecule is COc1cc2c(cc1O)[C@@H]1CC[C@@H]3Cc4cc(O)c(OC)cc4[C@H]4C[C@H](OC(=O)Cc5ccc6cc(O)cc(-c7ccccc7)c6c5)C[C@@H](OC(C)=O)[C@@H](C2)[C@]1(c1ccc2ccccc2c1)[C@H]34. The van der Waals surface area contributed by atoms with Crippen LogP contribution >= 0.6 is 0 Å². The first-order valence-corrected chi connectivity index (χ1v) is 23.5. The average molecular weight is 895 g/mol. The number of methoxy groups -OCH3 is 2. The van der Waals surface area contributed by atoms with E-state index in [1.165, 1.54) is 12.5 Å². The lowest BCUT2D eigenvalue weighted by Gasteiger charge is -2.65. The Morgan fingerprint density at radius 2 is 1.40 bits per heavy atom. The lowest BCUT2D eigenvalue weighted by Crippen LogP contribution is -2.63. The van der Waals surface area contributed by atoms with Crippen molar-refractivity contribution in [3.63, 3.8) is 0 Å². The van der Waals surface area contributed by atoms with Gasteiger partial charge in [-0.2, -0.15) is 0 Å².